The Morgan fingerprint density at radius 1 is 1.25 bits per heavy atom. The summed E-state index contributed by atoms with van der Waals surface area (Å²) in [5, 5.41) is 3.61. The lowest BCUT2D eigenvalue weighted by atomic mass is 9.97. The summed E-state index contributed by atoms with van der Waals surface area (Å²) in [5.74, 6) is 2.48. The number of rotatable bonds is 7. The molecule has 0 saturated heterocycles. The molecule has 1 atom stereocenters. The van der Waals surface area contributed by atoms with Crippen LogP contribution in [0.5, 0.6) is 0 Å². The van der Waals surface area contributed by atoms with Crippen molar-refractivity contribution in [1.82, 2.24) is 5.32 Å². The van der Waals surface area contributed by atoms with E-state index < -0.39 is 0 Å². The van der Waals surface area contributed by atoms with E-state index in [-0.39, 0.29) is 11.9 Å². The van der Waals surface area contributed by atoms with Crippen LogP contribution in [0.2, 0.25) is 0 Å². The first-order chi connectivity index (χ1) is 9.69. The highest BCUT2D eigenvalue weighted by Gasteiger charge is 2.41. The van der Waals surface area contributed by atoms with Crippen LogP contribution in [0.1, 0.15) is 37.3 Å². The SMILES string of the molecule is NCC(NCC(C1CC1)C1CC1)c1ccc(F)cc1Br. The molecule has 0 amide bonds. The van der Waals surface area contributed by atoms with Crippen LogP contribution in [0, 0.1) is 23.6 Å². The summed E-state index contributed by atoms with van der Waals surface area (Å²) in [6.07, 6.45) is 5.60. The van der Waals surface area contributed by atoms with Crippen molar-refractivity contribution in [3.8, 4) is 0 Å². The van der Waals surface area contributed by atoms with Crippen molar-refractivity contribution in [2.24, 2.45) is 23.5 Å². The van der Waals surface area contributed by atoms with Crippen LogP contribution in [0.25, 0.3) is 0 Å². The zero-order valence-corrected chi connectivity index (χ0v) is 13.2. The third kappa shape index (κ3) is 3.41. The second-order valence-electron chi connectivity index (χ2n) is 6.20. The van der Waals surface area contributed by atoms with Crippen molar-refractivity contribution >= 4 is 15.9 Å². The van der Waals surface area contributed by atoms with Gasteiger partial charge in [0.05, 0.1) is 0 Å². The van der Waals surface area contributed by atoms with Crippen LogP contribution in [-0.2, 0) is 0 Å². The molecular weight excluding hydrogens is 319 g/mol. The van der Waals surface area contributed by atoms with E-state index in [1.807, 2.05) is 6.07 Å². The molecule has 2 aliphatic rings. The van der Waals surface area contributed by atoms with Gasteiger partial charge in [0, 0.05) is 17.1 Å². The number of benzene rings is 1. The fraction of sp³-hybridized carbons (Fsp3) is 0.625. The Labute approximate surface area is 128 Å². The highest BCUT2D eigenvalue weighted by Crippen LogP contribution is 2.49. The summed E-state index contributed by atoms with van der Waals surface area (Å²) >= 11 is 3.44. The van der Waals surface area contributed by atoms with Gasteiger partial charge in [-0.05, 0) is 67.7 Å². The predicted molar refractivity (Wildman–Crippen MR) is 82.8 cm³/mol. The van der Waals surface area contributed by atoms with Gasteiger partial charge in [-0.15, -0.1) is 0 Å². The van der Waals surface area contributed by atoms with Gasteiger partial charge in [0.2, 0.25) is 0 Å². The van der Waals surface area contributed by atoms with Gasteiger partial charge in [-0.2, -0.15) is 0 Å². The Morgan fingerprint density at radius 3 is 2.40 bits per heavy atom. The average Bonchev–Trinajstić information content (AvgIpc) is 3.28. The molecule has 1 unspecified atom stereocenters. The van der Waals surface area contributed by atoms with Gasteiger partial charge in [-0.1, -0.05) is 22.0 Å². The lowest BCUT2D eigenvalue weighted by Crippen LogP contribution is -2.33. The van der Waals surface area contributed by atoms with Gasteiger partial charge >= 0.3 is 0 Å². The molecule has 3 N–H and O–H groups in total. The van der Waals surface area contributed by atoms with Crippen molar-refractivity contribution in [3.63, 3.8) is 0 Å². The van der Waals surface area contributed by atoms with E-state index in [4.69, 9.17) is 5.73 Å². The minimum atomic E-state index is -0.217. The molecule has 20 heavy (non-hydrogen) atoms. The summed E-state index contributed by atoms with van der Waals surface area (Å²) in [6.45, 7) is 1.58. The van der Waals surface area contributed by atoms with E-state index in [0.29, 0.717) is 6.54 Å². The van der Waals surface area contributed by atoms with E-state index in [0.717, 1.165) is 34.3 Å². The number of halogens is 2. The topological polar surface area (TPSA) is 38.0 Å². The monoisotopic (exact) mass is 340 g/mol. The summed E-state index contributed by atoms with van der Waals surface area (Å²) in [4.78, 5) is 0. The van der Waals surface area contributed by atoms with Crippen LogP contribution in [0.4, 0.5) is 4.39 Å². The molecule has 2 fully saturated rings. The van der Waals surface area contributed by atoms with E-state index in [2.05, 4.69) is 21.2 Å². The highest BCUT2D eigenvalue weighted by atomic mass is 79.9. The molecule has 2 nitrogen and oxygen atoms in total. The Morgan fingerprint density at radius 2 is 1.90 bits per heavy atom. The molecular formula is C16H22BrFN2. The van der Waals surface area contributed by atoms with E-state index in [1.54, 1.807) is 0 Å². The molecule has 1 aromatic carbocycles. The maximum absolute atomic E-state index is 13.2. The zero-order chi connectivity index (χ0) is 14.1. The molecule has 2 aliphatic carbocycles. The molecule has 3 rings (SSSR count). The molecule has 2 saturated carbocycles. The molecule has 0 radical (unpaired) electrons. The van der Waals surface area contributed by atoms with Gasteiger partial charge in [0.15, 0.2) is 0 Å². The summed E-state index contributed by atoms with van der Waals surface area (Å²) in [6, 6.07) is 4.94. The van der Waals surface area contributed by atoms with Crippen molar-refractivity contribution in [2.45, 2.75) is 31.7 Å². The quantitative estimate of drug-likeness (QED) is 0.795. The maximum Gasteiger partial charge on any atom is 0.124 e. The Bertz CT molecular complexity index is 460. The van der Waals surface area contributed by atoms with Crippen LogP contribution in [-0.4, -0.2) is 13.1 Å². The second-order valence-corrected chi connectivity index (χ2v) is 7.06. The van der Waals surface area contributed by atoms with E-state index in [1.165, 1.54) is 37.8 Å². The predicted octanol–water partition coefficient (Wildman–Crippen LogP) is 3.61. The molecule has 0 aromatic heterocycles. The lowest BCUT2D eigenvalue weighted by Gasteiger charge is -2.23. The second kappa shape index (κ2) is 6.12. The number of hydrogen-bond donors (Lipinski definition) is 2. The largest absolute Gasteiger partial charge is 0.329 e. The number of nitrogens with two attached hydrogens (primary N) is 1. The van der Waals surface area contributed by atoms with Crippen molar-refractivity contribution in [2.75, 3.05) is 13.1 Å². The summed E-state index contributed by atoms with van der Waals surface area (Å²) in [7, 11) is 0. The first-order valence-electron chi connectivity index (χ1n) is 7.57. The first kappa shape index (κ1) is 14.5. The molecule has 0 heterocycles. The number of hydrogen-bond acceptors (Lipinski definition) is 2. The molecule has 4 heteroatoms. The summed E-state index contributed by atoms with van der Waals surface area (Å²) < 4.78 is 14.0. The Kier molecular flexibility index (Phi) is 4.43. The van der Waals surface area contributed by atoms with Crippen molar-refractivity contribution in [3.05, 3.63) is 34.1 Å². The minimum Gasteiger partial charge on any atom is -0.329 e. The van der Waals surface area contributed by atoms with E-state index in [9.17, 15) is 4.39 Å². The molecule has 1 aromatic rings. The molecule has 0 bridgehead atoms. The van der Waals surface area contributed by atoms with E-state index >= 15 is 0 Å². The lowest BCUT2D eigenvalue weighted by molar-refractivity contribution is 0.357. The Balaban J connectivity index is 1.63. The van der Waals surface area contributed by atoms with Crippen LogP contribution in [0.3, 0.4) is 0 Å². The van der Waals surface area contributed by atoms with Crippen LogP contribution in [0.15, 0.2) is 22.7 Å². The van der Waals surface area contributed by atoms with Crippen LogP contribution < -0.4 is 11.1 Å². The van der Waals surface area contributed by atoms with Crippen molar-refractivity contribution < 1.29 is 4.39 Å². The van der Waals surface area contributed by atoms with Gasteiger partial charge in [0.25, 0.3) is 0 Å². The van der Waals surface area contributed by atoms with Gasteiger partial charge in [-0.25, -0.2) is 4.39 Å². The zero-order valence-electron chi connectivity index (χ0n) is 11.6. The summed E-state index contributed by atoms with van der Waals surface area (Å²) in [5.41, 5.74) is 6.96. The fourth-order valence-corrected chi connectivity index (χ4v) is 3.78. The minimum absolute atomic E-state index is 0.102. The van der Waals surface area contributed by atoms with Gasteiger partial charge < -0.3 is 11.1 Å². The standard InChI is InChI=1S/C16H22BrFN2/c17-15-7-12(18)5-6-13(15)16(8-19)20-9-14(10-1-2-10)11-3-4-11/h5-7,10-11,14,16,20H,1-4,8-9,19H2. The third-order valence-corrected chi connectivity index (χ3v) is 5.32. The molecule has 110 valence electrons. The molecule has 0 spiro atoms. The van der Waals surface area contributed by atoms with Crippen LogP contribution >= 0.6 is 15.9 Å². The smallest absolute Gasteiger partial charge is 0.124 e. The van der Waals surface area contributed by atoms with Crippen molar-refractivity contribution in [1.29, 1.82) is 0 Å². The average molecular weight is 341 g/mol. The van der Waals surface area contributed by atoms with Gasteiger partial charge in [-0.3, -0.25) is 0 Å². The maximum atomic E-state index is 13.2. The number of nitrogens with one attached hydrogen (secondary N) is 1. The fourth-order valence-electron chi connectivity index (χ4n) is 3.15. The Hall–Kier alpha value is -0.450. The normalized spacial score (nSPS) is 20.4. The van der Waals surface area contributed by atoms with Gasteiger partial charge in [0.1, 0.15) is 5.82 Å². The highest BCUT2D eigenvalue weighted by molar-refractivity contribution is 9.10. The first-order valence-corrected chi connectivity index (χ1v) is 8.36. The third-order valence-electron chi connectivity index (χ3n) is 4.63. The molecule has 0 aliphatic heterocycles.